The number of alkyl halides is 4. The number of benzene rings is 3. The SMILES string of the molecule is COC1(OC)[C@@]2(Cl)c3nc4cc(Cl)c(Cl)cc4nc3[C@]1(Cl)[C@@H]1C[C@H]3[C@@H](C[C@@H]12)[C@@]1(Cl)c2nc4cc5ccccc5cc4nc2[C@]3(Cl)C1(OC)OC. The number of methoxy groups -OCH3 is 4. The van der Waals surface area contributed by atoms with Crippen LogP contribution in [0.5, 0.6) is 0 Å². The lowest BCUT2D eigenvalue weighted by molar-refractivity contribution is -0.241. The highest BCUT2D eigenvalue weighted by molar-refractivity contribution is 6.42. The van der Waals surface area contributed by atoms with Crippen molar-refractivity contribution in [2.45, 2.75) is 43.9 Å². The molecule has 3 aromatic carbocycles. The molecule has 2 heterocycles. The zero-order chi connectivity index (χ0) is 35.0. The second kappa shape index (κ2) is 10.0. The van der Waals surface area contributed by atoms with E-state index < -0.39 is 31.1 Å². The Bertz CT molecular complexity index is 2210. The van der Waals surface area contributed by atoms with Crippen molar-refractivity contribution < 1.29 is 18.9 Å². The summed E-state index contributed by atoms with van der Waals surface area (Å²) < 4.78 is 25.3. The number of hydrogen-bond acceptors (Lipinski definition) is 8. The number of fused-ring (bicyclic) bond motifs is 19. The molecule has 5 aliphatic rings. The maximum absolute atomic E-state index is 8.02. The van der Waals surface area contributed by atoms with Crippen LogP contribution in [0.3, 0.4) is 0 Å². The minimum atomic E-state index is -1.56. The van der Waals surface area contributed by atoms with Crippen molar-refractivity contribution >= 4 is 102 Å². The van der Waals surface area contributed by atoms with Crippen molar-refractivity contribution in [3.63, 3.8) is 0 Å². The van der Waals surface area contributed by atoms with E-state index in [4.69, 9.17) is 108 Å². The van der Waals surface area contributed by atoms with Crippen LogP contribution in [0.1, 0.15) is 35.6 Å². The number of aromatic nitrogens is 4. The van der Waals surface area contributed by atoms with Gasteiger partial charge in [-0.25, -0.2) is 19.9 Å². The van der Waals surface area contributed by atoms with Gasteiger partial charge in [-0.1, -0.05) is 47.5 Å². The van der Waals surface area contributed by atoms with Gasteiger partial charge in [0.2, 0.25) is 11.6 Å². The Morgan fingerprint density at radius 3 is 1.06 bits per heavy atom. The van der Waals surface area contributed by atoms with E-state index >= 15 is 0 Å². The second-order valence-electron chi connectivity index (χ2n) is 14.1. The van der Waals surface area contributed by atoms with Gasteiger partial charge in [0.15, 0.2) is 0 Å². The van der Waals surface area contributed by atoms with Crippen molar-refractivity contribution in [3.05, 3.63) is 81.4 Å². The van der Waals surface area contributed by atoms with Gasteiger partial charge in [-0.15, -0.1) is 46.4 Å². The Labute approximate surface area is 316 Å². The lowest BCUT2D eigenvalue weighted by Gasteiger charge is -2.49. The fourth-order valence-corrected chi connectivity index (χ4v) is 14.1. The summed E-state index contributed by atoms with van der Waals surface area (Å²) in [5, 5.41) is 2.76. The largest absolute Gasteiger partial charge is 0.349 e. The van der Waals surface area contributed by atoms with Crippen LogP contribution < -0.4 is 0 Å². The molecule has 5 aliphatic carbocycles. The summed E-state index contributed by atoms with van der Waals surface area (Å²) in [4.78, 5) is 15.0. The molecule has 0 amide bonds. The van der Waals surface area contributed by atoms with Crippen LogP contribution in [0.2, 0.25) is 10.0 Å². The molecular formula is C36H28Cl6N4O4. The minimum Gasteiger partial charge on any atom is -0.349 e. The molecular weight excluding hydrogens is 765 g/mol. The molecule has 0 unspecified atom stereocenters. The Balaban J connectivity index is 1.21. The van der Waals surface area contributed by atoms with Crippen molar-refractivity contribution in [2.24, 2.45) is 23.7 Å². The first-order valence-corrected chi connectivity index (χ1v) is 18.5. The van der Waals surface area contributed by atoms with E-state index in [1.807, 2.05) is 36.4 Å². The Kier molecular flexibility index (Phi) is 6.58. The molecule has 3 saturated carbocycles. The van der Waals surface area contributed by atoms with Crippen LogP contribution in [0.25, 0.3) is 32.8 Å². The van der Waals surface area contributed by atoms with E-state index in [1.165, 1.54) is 0 Å². The molecule has 0 spiro atoms. The summed E-state index contributed by atoms with van der Waals surface area (Å²) in [6.07, 6.45) is 0.900. The molecule has 5 aromatic rings. The van der Waals surface area contributed by atoms with Gasteiger partial charge in [0, 0.05) is 28.4 Å². The smallest absolute Gasteiger partial charge is 0.219 e. The lowest BCUT2D eigenvalue weighted by atomic mass is 9.59. The maximum atomic E-state index is 8.02. The van der Waals surface area contributed by atoms with Gasteiger partial charge >= 0.3 is 0 Å². The highest BCUT2D eigenvalue weighted by atomic mass is 35.5. The minimum absolute atomic E-state index is 0.339. The molecule has 8 atom stereocenters. The third-order valence-corrected chi connectivity index (χ3v) is 16.3. The first kappa shape index (κ1) is 32.8. The van der Waals surface area contributed by atoms with E-state index in [2.05, 4.69) is 0 Å². The number of halogens is 6. The summed E-state index contributed by atoms with van der Waals surface area (Å²) in [7, 11) is 6.23. The van der Waals surface area contributed by atoms with Crippen LogP contribution in [0.15, 0.2) is 48.5 Å². The van der Waals surface area contributed by atoms with Crippen LogP contribution in [0.4, 0.5) is 0 Å². The molecule has 50 heavy (non-hydrogen) atoms. The molecule has 8 nitrogen and oxygen atoms in total. The molecule has 0 saturated heterocycles. The topological polar surface area (TPSA) is 88.5 Å². The lowest BCUT2D eigenvalue weighted by Crippen LogP contribution is -2.54. The molecule has 0 N–H and O–H groups in total. The van der Waals surface area contributed by atoms with Crippen LogP contribution >= 0.6 is 69.6 Å². The molecule has 0 radical (unpaired) electrons. The van der Waals surface area contributed by atoms with Gasteiger partial charge in [-0.2, -0.15) is 0 Å². The van der Waals surface area contributed by atoms with Gasteiger partial charge in [0.05, 0.1) is 54.9 Å². The van der Waals surface area contributed by atoms with E-state index in [0.717, 1.165) is 10.8 Å². The first-order valence-electron chi connectivity index (χ1n) is 16.2. The van der Waals surface area contributed by atoms with Gasteiger partial charge in [-0.05, 0) is 71.6 Å². The van der Waals surface area contributed by atoms with Gasteiger partial charge in [0.1, 0.15) is 19.5 Å². The van der Waals surface area contributed by atoms with Crippen LogP contribution in [-0.4, -0.2) is 59.9 Å². The Hall–Kier alpha value is -1.82. The monoisotopic (exact) mass is 790 g/mol. The summed E-state index contributed by atoms with van der Waals surface area (Å²) in [6.45, 7) is 0. The Morgan fingerprint density at radius 2 is 0.780 bits per heavy atom. The average Bonchev–Trinajstić information content (AvgIpc) is 3.56. The van der Waals surface area contributed by atoms with Gasteiger partial charge < -0.3 is 18.9 Å². The highest BCUT2D eigenvalue weighted by Crippen LogP contribution is 2.84. The van der Waals surface area contributed by atoms with Crippen LogP contribution in [-0.2, 0) is 38.4 Å². The molecule has 258 valence electrons. The third-order valence-electron chi connectivity index (χ3n) is 12.7. The zero-order valence-electron chi connectivity index (χ0n) is 27.0. The molecule has 4 bridgehead atoms. The third kappa shape index (κ3) is 3.14. The van der Waals surface area contributed by atoms with Crippen LogP contribution in [0, 0.1) is 23.7 Å². The van der Waals surface area contributed by atoms with E-state index in [0.29, 0.717) is 67.7 Å². The molecule has 3 fully saturated rings. The van der Waals surface area contributed by atoms with Crippen molar-refractivity contribution in [3.8, 4) is 0 Å². The summed E-state index contributed by atoms with van der Waals surface area (Å²) in [5.74, 6) is -4.47. The van der Waals surface area contributed by atoms with Gasteiger partial charge in [0.25, 0.3) is 0 Å². The maximum Gasteiger partial charge on any atom is 0.219 e. The average molecular weight is 793 g/mol. The molecule has 2 aromatic heterocycles. The van der Waals surface area contributed by atoms with Crippen molar-refractivity contribution in [2.75, 3.05) is 28.4 Å². The second-order valence-corrected chi connectivity index (χ2v) is 17.3. The molecule has 0 aliphatic heterocycles. The predicted octanol–water partition coefficient (Wildman–Crippen LogP) is 8.76. The fourth-order valence-electron chi connectivity index (χ4n) is 11.0. The zero-order valence-corrected chi connectivity index (χ0v) is 31.6. The number of hydrogen-bond donors (Lipinski definition) is 0. The number of ether oxygens (including phenoxy) is 4. The quantitative estimate of drug-likeness (QED) is 0.102. The number of nitrogens with zero attached hydrogens (tertiary/aromatic N) is 4. The Morgan fingerprint density at radius 1 is 0.500 bits per heavy atom. The van der Waals surface area contributed by atoms with Gasteiger partial charge in [-0.3, -0.25) is 0 Å². The molecule has 14 heteroatoms. The standard InChI is InChI=1S/C36H28Cl6N4O4/c1-47-35(48-2)31(39)17-11-19-20(12-18(17)32(35,40)28-27(31)43-23-9-15-7-5-6-8-16(15)10-24(23)44-28)34(42)30-29(33(19,41)36(34,49-3)50-4)45-25-13-21(37)22(38)14-26(25)46-30/h5-10,13-14,17-20H,11-12H2,1-4H3/t17-,18+,19+,20-,31-,32+,33+,34-. The van der Waals surface area contributed by atoms with E-state index in [9.17, 15) is 0 Å². The normalized spacial score (nSPS) is 36.6. The fraction of sp³-hybridized carbons (Fsp3) is 0.444. The predicted molar refractivity (Wildman–Crippen MR) is 193 cm³/mol. The summed E-state index contributed by atoms with van der Waals surface area (Å²) >= 11 is 44.8. The first-order chi connectivity index (χ1) is 23.9. The van der Waals surface area contributed by atoms with Crippen molar-refractivity contribution in [1.29, 1.82) is 0 Å². The van der Waals surface area contributed by atoms with E-state index in [-0.39, 0.29) is 23.7 Å². The number of rotatable bonds is 4. The summed E-state index contributed by atoms with van der Waals surface area (Å²) in [6, 6.07) is 15.5. The van der Waals surface area contributed by atoms with E-state index in [1.54, 1.807) is 40.6 Å². The highest BCUT2D eigenvalue weighted by Gasteiger charge is 2.91. The summed E-state index contributed by atoms with van der Waals surface area (Å²) in [5.41, 5.74) is 4.45. The van der Waals surface area contributed by atoms with Crippen molar-refractivity contribution in [1.82, 2.24) is 19.9 Å². The molecule has 10 rings (SSSR count).